The number of pyridine rings is 1. The number of nitrogens with zero attached hydrogens (tertiary/aromatic N) is 5. The van der Waals surface area contributed by atoms with Crippen LogP contribution in [0.15, 0.2) is 91.1 Å². The first-order valence-electron chi connectivity index (χ1n) is 23.3. The van der Waals surface area contributed by atoms with Gasteiger partial charge in [0.15, 0.2) is 11.5 Å². The summed E-state index contributed by atoms with van der Waals surface area (Å²) in [6, 6.07) is 22.4. The van der Waals surface area contributed by atoms with Gasteiger partial charge in [-0.1, -0.05) is 56.3 Å². The van der Waals surface area contributed by atoms with E-state index in [0.29, 0.717) is 71.6 Å². The summed E-state index contributed by atoms with van der Waals surface area (Å²) in [6.07, 6.45) is -1.04. The van der Waals surface area contributed by atoms with Gasteiger partial charge < -0.3 is 55.0 Å². The number of nitrogen functional groups attached to an aromatic ring is 1. The van der Waals surface area contributed by atoms with Gasteiger partial charge in [0.25, 0.3) is 0 Å². The third-order valence-corrected chi connectivity index (χ3v) is 13.0. The van der Waals surface area contributed by atoms with E-state index in [-0.39, 0.29) is 68.3 Å². The van der Waals surface area contributed by atoms with Gasteiger partial charge in [0, 0.05) is 46.8 Å². The first-order valence-corrected chi connectivity index (χ1v) is 23.3. The number of nitrogens with one attached hydrogen (secondary N) is 1. The molecule has 0 radical (unpaired) electrons. The molecule has 0 spiro atoms. The van der Waals surface area contributed by atoms with E-state index in [9.17, 15) is 34.0 Å². The molecule has 71 heavy (non-hydrogen) atoms. The van der Waals surface area contributed by atoms with Crippen molar-refractivity contribution in [1.29, 1.82) is 0 Å². The van der Waals surface area contributed by atoms with E-state index < -0.39 is 35.0 Å². The zero-order chi connectivity index (χ0) is 50.2. The number of fused-ring (bicyclic) bond motifs is 2. The molecule has 1 amide bonds. The summed E-state index contributed by atoms with van der Waals surface area (Å²) in [4.78, 5) is 18.4. The number of halogens is 3. The Morgan fingerprint density at radius 1 is 0.930 bits per heavy atom. The zero-order valence-corrected chi connectivity index (χ0v) is 39.3. The number of carbonyl (C=O) groups is 1. The highest BCUT2D eigenvalue weighted by Crippen LogP contribution is 2.52. The van der Waals surface area contributed by atoms with Crippen LogP contribution in [0.5, 0.6) is 23.0 Å². The van der Waals surface area contributed by atoms with Crippen LogP contribution in [0.4, 0.5) is 24.7 Å². The lowest BCUT2D eigenvalue weighted by Gasteiger charge is -2.26. The van der Waals surface area contributed by atoms with E-state index in [0.717, 1.165) is 27.8 Å². The van der Waals surface area contributed by atoms with Crippen LogP contribution in [-0.2, 0) is 57.8 Å². The molecule has 3 aromatic heterocycles. The Hall–Kier alpha value is -7.19. The van der Waals surface area contributed by atoms with Crippen LogP contribution >= 0.6 is 0 Å². The van der Waals surface area contributed by atoms with Crippen LogP contribution in [0.2, 0.25) is 0 Å². The second kappa shape index (κ2) is 19.5. The number of alkyl halides is 2. The average Bonchev–Trinajstić information content (AvgIpc) is 3.76. The number of hydrogen-bond donors (Lipinski definition) is 6. The molecule has 19 heteroatoms. The van der Waals surface area contributed by atoms with Crippen molar-refractivity contribution >= 4 is 28.3 Å². The zero-order valence-electron chi connectivity index (χ0n) is 39.3. The second-order valence-corrected chi connectivity index (χ2v) is 18.6. The molecule has 1 atom stereocenters. The monoisotopic (exact) mass is 977 g/mol. The fourth-order valence-corrected chi connectivity index (χ4v) is 9.14. The quantitative estimate of drug-likeness (QED) is 0.0398. The van der Waals surface area contributed by atoms with Crippen molar-refractivity contribution < 1.29 is 57.3 Å². The average molecular weight is 978 g/mol. The maximum Gasteiger partial charge on any atom is 0.586 e. The molecule has 2 aliphatic rings. The topological polar surface area (TPSA) is 221 Å². The number of phenols is 2. The molecular formula is C52H54F3N7O9. The van der Waals surface area contributed by atoms with E-state index in [1.807, 2.05) is 32.9 Å². The van der Waals surface area contributed by atoms with Crippen molar-refractivity contribution in [2.24, 2.45) is 0 Å². The van der Waals surface area contributed by atoms with Crippen molar-refractivity contribution in [3.05, 3.63) is 125 Å². The minimum atomic E-state index is -3.81. The van der Waals surface area contributed by atoms with Gasteiger partial charge >= 0.3 is 6.29 Å². The highest BCUT2D eigenvalue weighted by atomic mass is 19.3. The van der Waals surface area contributed by atoms with E-state index in [4.69, 9.17) is 20.2 Å². The largest absolute Gasteiger partial charge is 0.586 e. The molecule has 0 bridgehead atoms. The third-order valence-electron chi connectivity index (χ3n) is 13.0. The molecule has 16 nitrogen and oxygen atoms in total. The molecule has 4 heterocycles. The standard InChI is InChI=1S/C52H54F3N7O9/c1-4-38-46(30-6-11-35(64)12-7-30)41(57-48(56)47(38)31-8-13-36(65)14-9-31)28-69-26-34-24-61(60-59-34)18-5-19-68-27-37(66)25-62-42-23-39(53)40(20-32(42)21-45(62)50(2,3)29-63)58-49(67)51(16-17-51)33-10-15-43-44(22-33)71-52(54,55)70-43/h6-15,20-24,37,63-66H,4-5,16-19,25-29H2,1-3H3,(H2,56,57)(H,58,67)/t37-/m1/s1. The number of carbonyl (C=O) groups excluding carboxylic acids is 1. The molecule has 9 rings (SSSR count). The summed E-state index contributed by atoms with van der Waals surface area (Å²) < 4.78 is 67.7. The molecule has 372 valence electrons. The predicted octanol–water partition coefficient (Wildman–Crippen LogP) is 8.10. The number of benzene rings is 4. The number of amides is 1. The number of nitrogens with two attached hydrogens (primary N) is 1. The number of ether oxygens (including phenoxy) is 4. The number of phenolic OH excluding ortho intramolecular Hbond substituents is 2. The van der Waals surface area contributed by atoms with Gasteiger partial charge in [0.2, 0.25) is 5.91 Å². The van der Waals surface area contributed by atoms with E-state index in [1.54, 1.807) is 57.9 Å². The fourth-order valence-electron chi connectivity index (χ4n) is 9.14. The lowest BCUT2D eigenvalue weighted by Crippen LogP contribution is -2.30. The summed E-state index contributed by atoms with van der Waals surface area (Å²) in [7, 11) is 0. The van der Waals surface area contributed by atoms with Crippen LogP contribution < -0.4 is 20.5 Å². The summed E-state index contributed by atoms with van der Waals surface area (Å²) in [5.41, 5.74) is 11.5. The SMILES string of the molecule is CCc1c(-c2ccc(O)cc2)c(N)nc(COCc2cn(CCCOC[C@H](O)Cn3c(C(C)(C)CO)cc4cc(NC(=O)C5(c6ccc7c(c6)OC(F)(F)O7)CC5)c(F)cc43)nn2)c1-c1ccc(O)cc1. The molecule has 1 saturated carbocycles. The summed E-state index contributed by atoms with van der Waals surface area (Å²) in [6.45, 7) is 6.42. The van der Waals surface area contributed by atoms with Crippen LogP contribution in [0.3, 0.4) is 0 Å². The highest BCUT2D eigenvalue weighted by Gasteiger charge is 2.53. The maximum atomic E-state index is 15.9. The molecule has 1 aliphatic carbocycles. The molecule has 7 aromatic rings. The van der Waals surface area contributed by atoms with Crippen molar-refractivity contribution in [3.8, 4) is 45.3 Å². The van der Waals surface area contributed by atoms with Gasteiger partial charge in [-0.05, 0) is 96.5 Å². The number of anilines is 2. The third kappa shape index (κ3) is 10.2. The van der Waals surface area contributed by atoms with E-state index >= 15 is 4.39 Å². The minimum Gasteiger partial charge on any atom is -0.508 e. The number of aromatic hydroxyl groups is 2. The van der Waals surface area contributed by atoms with Gasteiger partial charge in [-0.25, -0.2) is 9.37 Å². The van der Waals surface area contributed by atoms with Gasteiger partial charge in [0.1, 0.15) is 28.8 Å². The Morgan fingerprint density at radius 2 is 1.62 bits per heavy atom. The molecule has 7 N–H and O–H groups in total. The molecule has 1 aliphatic heterocycles. The first-order chi connectivity index (χ1) is 34.0. The van der Waals surface area contributed by atoms with Crippen molar-refractivity contribution in [2.75, 3.05) is 30.9 Å². The smallest absolute Gasteiger partial charge is 0.508 e. The summed E-state index contributed by atoms with van der Waals surface area (Å²) >= 11 is 0. The Balaban J connectivity index is 0.794. The molecule has 4 aromatic carbocycles. The second-order valence-electron chi connectivity index (χ2n) is 18.6. The van der Waals surface area contributed by atoms with Gasteiger partial charge in [-0.3, -0.25) is 9.48 Å². The van der Waals surface area contributed by atoms with Gasteiger partial charge in [0.05, 0.1) is 67.6 Å². The number of rotatable bonds is 20. The molecule has 1 fully saturated rings. The van der Waals surface area contributed by atoms with Crippen LogP contribution in [0, 0.1) is 5.82 Å². The van der Waals surface area contributed by atoms with Crippen molar-refractivity contribution in [1.82, 2.24) is 24.5 Å². The summed E-state index contributed by atoms with van der Waals surface area (Å²) in [5, 5.41) is 53.2. The maximum absolute atomic E-state index is 15.9. The molecular weight excluding hydrogens is 924 g/mol. The Bertz CT molecular complexity index is 3080. The minimum absolute atomic E-state index is 0.0208. The van der Waals surface area contributed by atoms with Gasteiger partial charge in [-0.2, -0.15) is 0 Å². The first kappa shape index (κ1) is 48.8. The summed E-state index contributed by atoms with van der Waals surface area (Å²) in [5.74, 6) is -0.955. The molecule has 0 saturated heterocycles. The number of aliphatic hydroxyl groups is 2. The Morgan fingerprint density at radius 3 is 2.30 bits per heavy atom. The lowest BCUT2D eigenvalue weighted by atomic mass is 9.89. The van der Waals surface area contributed by atoms with Crippen molar-refractivity contribution in [2.45, 2.75) is 96.0 Å². The van der Waals surface area contributed by atoms with E-state index in [1.165, 1.54) is 30.3 Å². The number of hydrogen-bond acceptors (Lipinski definition) is 13. The normalized spacial score (nSPS) is 15.0. The molecule has 0 unspecified atom stereocenters. The van der Waals surface area contributed by atoms with E-state index in [2.05, 4.69) is 25.1 Å². The number of aryl methyl sites for hydroxylation is 1. The number of aliphatic hydroxyl groups excluding tert-OH is 2. The number of aromatic nitrogens is 5. The van der Waals surface area contributed by atoms with Crippen molar-refractivity contribution in [3.63, 3.8) is 0 Å². The predicted molar refractivity (Wildman–Crippen MR) is 256 cm³/mol. The van der Waals surface area contributed by atoms with Gasteiger partial charge in [-0.15, -0.1) is 13.9 Å². The highest BCUT2D eigenvalue weighted by molar-refractivity contribution is 6.03. The lowest BCUT2D eigenvalue weighted by molar-refractivity contribution is -0.286. The Kier molecular flexibility index (Phi) is 13.4. The van der Waals surface area contributed by atoms with Crippen LogP contribution in [0.25, 0.3) is 33.2 Å². The van der Waals surface area contributed by atoms with Crippen LogP contribution in [-0.4, -0.2) is 83.1 Å². The van der Waals surface area contributed by atoms with Crippen LogP contribution in [0.1, 0.15) is 68.2 Å². The fraction of sp³-hybridized carbons (Fsp3) is 0.346. The Labute approximate surface area is 406 Å².